The zero-order chi connectivity index (χ0) is 41.2. The van der Waals surface area contributed by atoms with Crippen molar-refractivity contribution >= 4 is 38.9 Å². The summed E-state index contributed by atoms with van der Waals surface area (Å²) in [5, 5.41) is 2.52. The van der Waals surface area contributed by atoms with E-state index in [0.29, 0.717) is 0 Å². The van der Waals surface area contributed by atoms with Crippen LogP contribution in [0, 0.1) is 0 Å². The van der Waals surface area contributed by atoms with Crippen LogP contribution >= 0.6 is 0 Å². The molecule has 0 amide bonds. The Labute approximate surface area is 362 Å². The summed E-state index contributed by atoms with van der Waals surface area (Å²) in [6.07, 6.45) is 0. The summed E-state index contributed by atoms with van der Waals surface area (Å²) in [6, 6.07) is 91.9. The van der Waals surface area contributed by atoms with Crippen molar-refractivity contribution in [3.8, 4) is 61.3 Å². The first-order valence-corrected chi connectivity index (χ1v) is 21.3. The second-order valence-corrected chi connectivity index (χ2v) is 15.7. The Bertz CT molecular complexity index is 3260. The third-order valence-electron chi connectivity index (χ3n) is 12.0. The molecule has 292 valence electrons. The number of hydrogen-bond donors (Lipinski definition) is 0. The average Bonchev–Trinajstić information content (AvgIpc) is 3.69. The van der Waals surface area contributed by atoms with Gasteiger partial charge in [0.1, 0.15) is 0 Å². The fourth-order valence-electron chi connectivity index (χ4n) is 9.01. The van der Waals surface area contributed by atoms with Crippen molar-refractivity contribution in [2.45, 2.75) is 0 Å². The molecule has 0 aliphatic carbocycles. The minimum atomic E-state index is 1.09. The Hall–Kier alpha value is -8.20. The van der Waals surface area contributed by atoms with Crippen LogP contribution in [0.25, 0.3) is 83.1 Å². The van der Waals surface area contributed by atoms with Crippen LogP contribution in [0.5, 0.6) is 0 Å². The van der Waals surface area contributed by atoms with Crippen LogP contribution in [0.1, 0.15) is 0 Å². The molecule has 11 aromatic rings. The number of para-hydroxylation sites is 4. The molecule has 0 unspecified atom stereocenters. The Morgan fingerprint density at radius 1 is 0.258 bits per heavy atom. The maximum Gasteiger partial charge on any atom is 0.0541 e. The summed E-state index contributed by atoms with van der Waals surface area (Å²) >= 11 is 0. The lowest BCUT2D eigenvalue weighted by atomic mass is 9.97. The highest BCUT2D eigenvalue weighted by molar-refractivity contribution is 6.09. The topological polar surface area (TPSA) is 8.17 Å². The van der Waals surface area contributed by atoms with E-state index in [4.69, 9.17) is 0 Å². The molecule has 62 heavy (non-hydrogen) atoms. The normalized spacial score (nSPS) is 11.2. The number of fused-ring (bicyclic) bond motifs is 3. The van der Waals surface area contributed by atoms with Gasteiger partial charge in [-0.1, -0.05) is 200 Å². The molecule has 0 saturated heterocycles. The molecular weight excluding hydrogens is 749 g/mol. The molecule has 0 spiro atoms. The van der Waals surface area contributed by atoms with Crippen molar-refractivity contribution in [1.82, 2.24) is 4.57 Å². The van der Waals surface area contributed by atoms with Crippen LogP contribution in [0.2, 0.25) is 0 Å². The van der Waals surface area contributed by atoms with Crippen molar-refractivity contribution in [1.29, 1.82) is 0 Å². The van der Waals surface area contributed by atoms with Gasteiger partial charge in [-0.15, -0.1) is 0 Å². The van der Waals surface area contributed by atoms with E-state index in [-0.39, 0.29) is 0 Å². The maximum atomic E-state index is 2.41. The molecule has 0 aliphatic heterocycles. The maximum absolute atomic E-state index is 2.41. The van der Waals surface area contributed by atoms with Gasteiger partial charge in [0, 0.05) is 33.3 Å². The molecule has 2 nitrogen and oxygen atoms in total. The van der Waals surface area contributed by atoms with E-state index in [1.165, 1.54) is 77.6 Å². The third-order valence-corrected chi connectivity index (χ3v) is 12.0. The predicted octanol–water partition coefficient (Wildman–Crippen LogP) is 16.6. The van der Waals surface area contributed by atoms with Gasteiger partial charge in [-0.2, -0.15) is 0 Å². The van der Waals surface area contributed by atoms with Gasteiger partial charge >= 0.3 is 0 Å². The molecule has 10 aromatic carbocycles. The fourth-order valence-corrected chi connectivity index (χ4v) is 9.01. The molecule has 1 heterocycles. The van der Waals surface area contributed by atoms with E-state index in [1.54, 1.807) is 0 Å². The fraction of sp³-hybridized carbons (Fsp3) is 0. The van der Waals surface area contributed by atoms with E-state index >= 15 is 0 Å². The third kappa shape index (κ3) is 6.84. The molecule has 0 radical (unpaired) electrons. The summed E-state index contributed by atoms with van der Waals surface area (Å²) < 4.78 is 2.41. The molecule has 0 atom stereocenters. The van der Waals surface area contributed by atoms with Crippen LogP contribution in [-0.4, -0.2) is 4.57 Å². The summed E-state index contributed by atoms with van der Waals surface area (Å²) in [4.78, 5) is 2.38. The van der Waals surface area contributed by atoms with Crippen molar-refractivity contribution < 1.29 is 0 Å². The molecule has 0 fully saturated rings. The van der Waals surface area contributed by atoms with Gasteiger partial charge in [0.2, 0.25) is 0 Å². The molecule has 0 bridgehead atoms. The second kappa shape index (κ2) is 16.1. The molecule has 0 aliphatic rings. The van der Waals surface area contributed by atoms with E-state index in [1.807, 2.05) is 0 Å². The largest absolute Gasteiger partial charge is 0.310 e. The number of rotatable bonds is 9. The predicted molar refractivity (Wildman–Crippen MR) is 263 cm³/mol. The first kappa shape index (κ1) is 36.8. The first-order chi connectivity index (χ1) is 30.8. The minimum absolute atomic E-state index is 1.09. The number of anilines is 3. The van der Waals surface area contributed by atoms with Crippen LogP contribution in [-0.2, 0) is 0 Å². The summed E-state index contributed by atoms with van der Waals surface area (Å²) in [5.41, 5.74) is 18.7. The summed E-state index contributed by atoms with van der Waals surface area (Å²) in [6.45, 7) is 0. The van der Waals surface area contributed by atoms with Gasteiger partial charge in [0.25, 0.3) is 0 Å². The van der Waals surface area contributed by atoms with E-state index in [0.717, 1.165) is 22.6 Å². The van der Waals surface area contributed by atoms with E-state index < -0.39 is 0 Å². The summed E-state index contributed by atoms with van der Waals surface area (Å²) in [5.74, 6) is 0. The molecule has 0 saturated carbocycles. The number of benzene rings is 10. The highest BCUT2D eigenvalue weighted by atomic mass is 15.1. The molecule has 0 N–H and O–H groups in total. The van der Waals surface area contributed by atoms with Crippen molar-refractivity contribution in [3.05, 3.63) is 255 Å². The standard InChI is InChI=1S/C60H42N2/c1-3-16-43(17-4-1)44-30-32-45(33-31-44)46-34-38-51(39-35-46)61(57-26-11-7-22-53(57)48-18-5-2-6-19-48)52-40-36-47(37-41-52)49-20-15-21-50(42-49)54-23-8-12-27-58(54)62-59-28-13-9-24-55(59)56-25-10-14-29-60(56)62/h1-42H. The van der Waals surface area contributed by atoms with Crippen molar-refractivity contribution in [2.75, 3.05) is 4.90 Å². The summed E-state index contributed by atoms with van der Waals surface area (Å²) in [7, 11) is 0. The second-order valence-electron chi connectivity index (χ2n) is 15.7. The van der Waals surface area contributed by atoms with Crippen LogP contribution in [0.3, 0.4) is 0 Å². The lowest BCUT2D eigenvalue weighted by molar-refractivity contribution is 1.18. The molecule has 2 heteroatoms. The lowest BCUT2D eigenvalue weighted by Crippen LogP contribution is -2.11. The first-order valence-electron chi connectivity index (χ1n) is 21.3. The smallest absolute Gasteiger partial charge is 0.0541 e. The van der Waals surface area contributed by atoms with Gasteiger partial charge in [-0.25, -0.2) is 0 Å². The Balaban J connectivity index is 0.959. The Kier molecular flexibility index (Phi) is 9.57. The zero-order valence-electron chi connectivity index (χ0n) is 34.1. The van der Waals surface area contributed by atoms with Gasteiger partial charge in [-0.05, 0) is 99.1 Å². The SMILES string of the molecule is c1ccc(-c2ccc(-c3ccc(N(c4ccc(-c5cccc(-c6ccccc6-n6c7ccccc7c7ccccc76)c5)cc4)c4ccccc4-c4ccccc4)cc3)cc2)cc1. The number of hydrogen-bond acceptors (Lipinski definition) is 1. The number of aromatic nitrogens is 1. The Morgan fingerprint density at radius 3 is 1.26 bits per heavy atom. The molecular formula is C60H42N2. The zero-order valence-corrected chi connectivity index (χ0v) is 34.1. The lowest BCUT2D eigenvalue weighted by Gasteiger charge is -2.28. The molecule has 1 aromatic heterocycles. The van der Waals surface area contributed by atoms with E-state index in [2.05, 4.69) is 264 Å². The minimum Gasteiger partial charge on any atom is -0.310 e. The van der Waals surface area contributed by atoms with Gasteiger partial charge < -0.3 is 9.47 Å². The molecule has 11 rings (SSSR count). The average molecular weight is 791 g/mol. The van der Waals surface area contributed by atoms with Crippen LogP contribution in [0.4, 0.5) is 17.1 Å². The van der Waals surface area contributed by atoms with Crippen LogP contribution < -0.4 is 4.90 Å². The van der Waals surface area contributed by atoms with Crippen molar-refractivity contribution in [3.63, 3.8) is 0 Å². The van der Waals surface area contributed by atoms with Crippen molar-refractivity contribution in [2.24, 2.45) is 0 Å². The highest BCUT2D eigenvalue weighted by Gasteiger charge is 2.19. The van der Waals surface area contributed by atoms with E-state index in [9.17, 15) is 0 Å². The quantitative estimate of drug-likeness (QED) is 0.141. The van der Waals surface area contributed by atoms with Crippen LogP contribution in [0.15, 0.2) is 255 Å². The Morgan fingerprint density at radius 2 is 0.661 bits per heavy atom. The van der Waals surface area contributed by atoms with Gasteiger partial charge in [0.15, 0.2) is 0 Å². The number of nitrogens with zero attached hydrogens (tertiary/aromatic N) is 2. The highest BCUT2D eigenvalue weighted by Crippen LogP contribution is 2.43. The van der Waals surface area contributed by atoms with Gasteiger partial charge in [-0.3, -0.25) is 0 Å². The van der Waals surface area contributed by atoms with Gasteiger partial charge in [0.05, 0.1) is 22.4 Å². The monoisotopic (exact) mass is 790 g/mol.